The molecule has 13 nitrogen and oxygen atoms in total. The van der Waals surface area contributed by atoms with Crippen molar-refractivity contribution in [1.29, 1.82) is 0 Å². The first kappa shape index (κ1) is 62.3. The zero-order valence-electron chi connectivity index (χ0n) is 48.3. The number of epoxide rings is 2. The minimum absolute atomic E-state index is 0.0276. The summed E-state index contributed by atoms with van der Waals surface area (Å²) < 4.78 is 54.8. The molecule has 8 atom stereocenters. The molecule has 2 aromatic heterocycles. The van der Waals surface area contributed by atoms with Gasteiger partial charge in [-0.15, -0.1) is 0 Å². The van der Waals surface area contributed by atoms with E-state index in [-0.39, 0.29) is 81.4 Å². The highest BCUT2D eigenvalue weighted by Crippen LogP contribution is 2.44. The van der Waals surface area contributed by atoms with Gasteiger partial charge in [0.15, 0.2) is 36.3 Å². The first-order chi connectivity index (χ1) is 34.3. The van der Waals surface area contributed by atoms with Crippen LogP contribution in [0.2, 0.25) is 55.9 Å². The summed E-state index contributed by atoms with van der Waals surface area (Å²) in [5.41, 5.74) is -0.766. The number of nitrogens with zero attached hydrogens (tertiary/aromatic N) is 2. The number of esters is 2. The van der Waals surface area contributed by atoms with Gasteiger partial charge in [0.2, 0.25) is 11.8 Å². The number of aromatic nitrogens is 2. The second-order valence-electron chi connectivity index (χ2n) is 24.5. The Kier molecular flexibility index (Phi) is 21.6. The highest BCUT2D eigenvalue weighted by molar-refractivity contribution is 6.74. The van der Waals surface area contributed by atoms with E-state index < -0.39 is 48.4 Å². The van der Waals surface area contributed by atoms with Crippen LogP contribution in [0.3, 0.4) is 0 Å². The maximum atomic E-state index is 13.9. The van der Waals surface area contributed by atoms with Gasteiger partial charge in [-0.3, -0.25) is 0 Å². The second-order valence-corrected chi connectivity index (χ2v) is 38.5. The van der Waals surface area contributed by atoms with E-state index in [0.29, 0.717) is 6.42 Å². The summed E-state index contributed by atoms with van der Waals surface area (Å²) in [6.45, 7) is 42.0. The molecule has 2 aliphatic heterocycles. The number of rotatable bonds is 27. The van der Waals surface area contributed by atoms with E-state index in [2.05, 4.69) is 167 Å². The molecular formula is C58H90N2O11Si3. The fourth-order valence-corrected chi connectivity index (χ4v) is 11.4. The van der Waals surface area contributed by atoms with Crippen molar-refractivity contribution in [3.8, 4) is 0 Å². The number of hydrogen-bond donors (Lipinski definition) is 0. The minimum Gasteiger partial charge on any atom is -0.464 e. The standard InChI is InChI=1S/C58H90N2O11Si3/c1-21-29-48(70-73(17,18)55(3,4)5)57(9,10)47(35-27-33-45-43(66-45)31-23-25-37-51-59-41(39-64-51)53(61)63-13)68-54(62)42-40-65-52(60-42)38-26-24-32-44-46(67-44)34-28-36-50(69-72(14,15)16)58(11,12)49(30-22-2)71-74(19,20)56(6,7)8/h21-34,37-40,43-50H,35-36H2,1-20H3/b29-21+,30-22+,31-23+,32-24+,33-27-,34-28-,37-25-,38-26-/t43-,44-,45+,46+,47?,48?,49?,50?/m0/s1. The van der Waals surface area contributed by atoms with Gasteiger partial charge in [0.05, 0.1) is 25.4 Å². The summed E-state index contributed by atoms with van der Waals surface area (Å²) in [5, 5.41) is 0.0486. The summed E-state index contributed by atoms with van der Waals surface area (Å²) in [6.07, 6.45) is 33.5. The van der Waals surface area contributed by atoms with Crippen molar-refractivity contribution in [1.82, 2.24) is 9.97 Å². The summed E-state index contributed by atoms with van der Waals surface area (Å²) in [4.78, 5) is 34.1. The first-order valence-electron chi connectivity index (χ1n) is 26.1. The fraction of sp³-hybridized carbons (Fsp3) is 0.586. The second kappa shape index (κ2) is 25.7. The molecular weight excluding hydrogens is 985 g/mol. The Morgan fingerprint density at radius 1 is 0.581 bits per heavy atom. The third-order valence-electron chi connectivity index (χ3n) is 14.5. The van der Waals surface area contributed by atoms with Gasteiger partial charge < -0.3 is 41.1 Å². The lowest BCUT2D eigenvalue weighted by Crippen LogP contribution is -2.52. The minimum atomic E-state index is -2.25. The Hall–Kier alpha value is -4.27. The van der Waals surface area contributed by atoms with E-state index in [1.54, 1.807) is 18.2 Å². The third-order valence-corrected chi connectivity index (χ3v) is 24.4. The van der Waals surface area contributed by atoms with Crippen LogP contribution in [-0.4, -0.2) is 103 Å². The molecule has 4 rings (SSSR count). The lowest BCUT2D eigenvalue weighted by atomic mass is 9.79. The van der Waals surface area contributed by atoms with Crippen LogP contribution in [0.15, 0.2) is 106 Å². The molecule has 0 N–H and O–H groups in total. The molecule has 0 bridgehead atoms. The van der Waals surface area contributed by atoms with Crippen molar-refractivity contribution in [2.45, 2.75) is 201 Å². The van der Waals surface area contributed by atoms with Crippen molar-refractivity contribution in [2.75, 3.05) is 7.11 Å². The fourth-order valence-electron chi connectivity index (χ4n) is 7.41. The highest BCUT2D eigenvalue weighted by Gasteiger charge is 2.48. The maximum Gasteiger partial charge on any atom is 0.360 e. The van der Waals surface area contributed by atoms with Gasteiger partial charge in [-0.1, -0.05) is 154 Å². The number of allylic oxidation sites excluding steroid dienone is 6. The van der Waals surface area contributed by atoms with Gasteiger partial charge in [0.25, 0.3) is 0 Å². The number of carbonyl (C=O) groups excluding carboxylic acids is 2. The van der Waals surface area contributed by atoms with Crippen molar-refractivity contribution in [3.05, 3.63) is 121 Å². The zero-order chi connectivity index (χ0) is 55.5. The zero-order valence-corrected chi connectivity index (χ0v) is 51.3. The van der Waals surface area contributed by atoms with Crippen LogP contribution in [0.5, 0.6) is 0 Å². The molecule has 74 heavy (non-hydrogen) atoms. The molecule has 0 radical (unpaired) electrons. The molecule has 16 heteroatoms. The van der Waals surface area contributed by atoms with Gasteiger partial charge in [-0.2, -0.15) is 0 Å². The van der Waals surface area contributed by atoms with Gasteiger partial charge in [0, 0.05) is 29.4 Å². The number of ether oxygens (including phenoxy) is 4. The summed E-state index contributed by atoms with van der Waals surface area (Å²) in [7, 11) is -4.92. The first-order valence-corrected chi connectivity index (χ1v) is 35.3. The Balaban J connectivity index is 1.41. The average molecular weight is 1080 g/mol. The topological polar surface area (TPSA) is 157 Å². The monoisotopic (exact) mass is 1070 g/mol. The molecule has 0 saturated carbocycles. The molecule has 410 valence electrons. The third kappa shape index (κ3) is 18.2. The van der Waals surface area contributed by atoms with E-state index in [1.165, 1.54) is 19.6 Å². The average Bonchev–Trinajstić information content (AvgIpc) is 4.09. The van der Waals surface area contributed by atoms with Crippen molar-refractivity contribution >= 4 is 49.0 Å². The predicted octanol–water partition coefficient (Wildman–Crippen LogP) is 14.4. The van der Waals surface area contributed by atoms with Gasteiger partial charge >= 0.3 is 11.9 Å². The summed E-state index contributed by atoms with van der Waals surface area (Å²) >= 11 is 0. The SMILES string of the molecule is C/C=C/C(O[Si](C)(C)C(C)(C)C)C(C)(C)C(C/C=C\[C@H]1O[C@H]1/C=C/C=C\c1nc(C(=O)OC)co1)OC(=O)c1coc(/C=C\C=C\[C@@H]2O[C@@H]2/C=C\CC(O[Si](C)(C)C)C(C)(C)C(/C=C/C)O[Si](C)(C)C(C)(C)C)n1. The Morgan fingerprint density at radius 2 is 0.973 bits per heavy atom. The van der Waals surface area contributed by atoms with Crippen LogP contribution in [0, 0.1) is 10.8 Å². The molecule has 0 aromatic carbocycles. The molecule has 2 fully saturated rings. The van der Waals surface area contributed by atoms with Crippen LogP contribution >= 0.6 is 0 Å². The van der Waals surface area contributed by atoms with E-state index >= 15 is 0 Å². The lowest BCUT2D eigenvalue weighted by molar-refractivity contribution is -0.0420. The van der Waals surface area contributed by atoms with Crippen molar-refractivity contribution < 1.29 is 50.6 Å². The quantitative estimate of drug-likeness (QED) is 0.0274. The van der Waals surface area contributed by atoms with E-state index in [4.69, 9.17) is 36.3 Å². The Bertz CT molecular complexity index is 2400. The molecule has 0 spiro atoms. The number of hydrogen-bond acceptors (Lipinski definition) is 13. The smallest absolute Gasteiger partial charge is 0.360 e. The molecule has 4 unspecified atom stereocenters. The van der Waals surface area contributed by atoms with Gasteiger partial charge in [-0.05, 0) is 76.2 Å². The highest BCUT2D eigenvalue weighted by atomic mass is 28.4. The van der Waals surface area contributed by atoms with E-state index in [0.717, 1.165) is 6.42 Å². The van der Waals surface area contributed by atoms with Crippen LogP contribution < -0.4 is 0 Å². The van der Waals surface area contributed by atoms with Crippen molar-refractivity contribution in [3.63, 3.8) is 0 Å². The maximum absolute atomic E-state index is 13.9. The predicted molar refractivity (Wildman–Crippen MR) is 304 cm³/mol. The van der Waals surface area contributed by atoms with Crippen LogP contribution in [0.25, 0.3) is 12.2 Å². The van der Waals surface area contributed by atoms with Crippen molar-refractivity contribution in [2.24, 2.45) is 10.8 Å². The molecule has 2 aliphatic rings. The van der Waals surface area contributed by atoms with Gasteiger partial charge in [0.1, 0.15) is 43.0 Å². The Labute approximate surface area is 447 Å². The summed E-state index contributed by atoms with van der Waals surface area (Å²) in [6, 6.07) is 0. The van der Waals surface area contributed by atoms with E-state index in [9.17, 15) is 9.59 Å². The molecule has 2 saturated heterocycles. The Morgan fingerprint density at radius 3 is 1.36 bits per heavy atom. The van der Waals surface area contributed by atoms with E-state index in [1.807, 2.05) is 55.5 Å². The number of methoxy groups -OCH3 is 1. The largest absolute Gasteiger partial charge is 0.464 e. The lowest BCUT2D eigenvalue weighted by Gasteiger charge is -2.47. The summed E-state index contributed by atoms with van der Waals surface area (Å²) in [5.74, 6) is -0.605. The molecule has 2 aromatic rings. The number of carbonyl (C=O) groups is 2. The molecule has 4 heterocycles. The van der Waals surface area contributed by atoms with Crippen LogP contribution in [-0.2, 0) is 32.2 Å². The number of oxazole rings is 2. The van der Waals surface area contributed by atoms with Crippen LogP contribution in [0.4, 0.5) is 0 Å². The molecule has 0 amide bonds. The van der Waals surface area contributed by atoms with Gasteiger partial charge in [-0.25, -0.2) is 19.6 Å². The molecule has 0 aliphatic carbocycles. The van der Waals surface area contributed by atoms with Crippen LogP contribution in [0.1, 0.15) is 129 Å². The normalized spacial score (nSPS) is 21.4.